The van der Waals surface area contributed by atoms with E-state index in [0.717, 1.165) is 18.5 Å². The molecule has 2 unspecified atom stereocenters. The van der Waals surface area contributed by atoms with Crippen molar-refractivity contribution < 1.29 is 14.7 Å². The van der Waals surface area contributed by atoms with Crippen LogP contribution in [-0.2, 0) is 11.2 Å². The molecule has 0 saturated carbocycles. The van der Waals surface area contributed by atoms with Gasteiger partial charge in [-0.05, 0) is 37.3 Å². The van der Waals surface area contributed by atoms with Gasteiger partial charge in [0.2, 0.25) is 0 Å². The standard InChI is InChI=1S/C16H23N3O3/c1-12-9-13(15(20)21)11-19(10-12)16(22)18-8-4-6-14-5-2-3-7-17-14/h2-3,5,7,12-13H,4,6,8-11H2,1H3,(H,18,22)(H,20,21). The number of hydrogen-bond donors (Lipinski definition) is 2. The maximum absolute atomic E-state index is 12.1. The third kappa shape index (κ3) is 4.72. The predicted molar refractivity (Wildman–Crippen MR) is 82.4 cm³/mol. The van der Waals surface area contributed by atoms with E-state index in [1.165, 1.54) is 0 Å². The number of nitrogens with one attached hydrogen (secondary N) is 1. The zero-order chi connectivity index (χ0) is 15.9. The van der Waals surface area contributed by atoms with E-state index in [2.05, 4.69) is 10.3 Å². The number of aryl methyl sites for hydroxylation is 1. The van der Waals surface area contributed by atoms with Crippen molar-refractivity contribution in [1.29, 1.82) is 0 Å². The van der Waals surface area contributed by atoms with E-state index in [-0.39, 0.29) is 11.9 Å². The number of hydrogen-bond acceptors (Lipinski definition) is 3. The van der Waals surface area contributed by atoms with Crippen molar-refractivity contribution in [3.63, 3.8) is 0 Å². The molecule has 2 atom stereocenters. The van der Waals surface area contributed by atoms with Gasteiger partial charge in [0.1, 0.15) is 0 Å². The number of likely N-dealkylation sites (tertiary alicyclic amines) is 1. The molecule has 2 rings (SSSR count). The Morgan fingerprint density at radius 1 is 1.41 bits per heavy atom. The van der Waals surface area contributed by atoms with Crippen LogP contribution in [0, 0.1) is 11.8 Å². The number of piperidine rings is 1. The summed E-state index contributed by atoms with van der Waals surface area (Å²) in [5.74, 6) is -1.06. The number of carbonyl (C=O) groups is 2. The Bertz CT molecular complexity index is 507. The van der Waals surface area contributed by atoms with E-state index in [1.807, 2.05) is 25.1 Å². The van der Waals surface area contributed by atoms with Crippen molar-refractivity contribution in [1.82, 2.24) is 15.2 Å². The van der Waals surface area contributed by atoms with Crippen molar-refractivity contribution in [2.75, 3.05) is 19.6 Å². The summed E-state index contributed by atoms with van der Waals surface area (Å²) in [6, 6.07) is 5.62. The van der Waals surface area contributed by atoms with Crippen LogP contribution in [-0.4, -0.2) is 46.6 Å². The number of urea groups is 1. The van der Waals surface area contributed by atoms with Gasteiger partial charge in [-0.1, -0.05) is 13.0 Å². The van der Waals surface area contributed by atoms with Gasteiger partial charge in [0.05, 0.1) is 5.92 Å². The fourth-order valence-corrected chi connectivity index (χ4v) is 2.82. The first kappa shape index (κ1) is 16.3. The molecular formula is C16H23N3O3. The highest BCUT2D eigenvalue weighted by Crippen LogP contribution is 2.21. The zero-order valence-corrected chi connectivity index (χ0v) is 12.9. The highest BCUT2D eigenvalue weighted by Gasteiger charge is 2.31. The molecule has 0 bridgehead atoms. The quantitative estimate of drug-likeness (QED) is 0.812. The van der Waals surface area contributed by atoms with Gasteiger partial charge >= 0.3 is 12.0 Å². The third-order valence-electron chi connectivity index (χ3n) is 3.91. The molecule has 2 N–H and O–H groups in total. The number of rotatable bonds is 5. The molecule has 22 heavy (non-hydrogen) atoms. The molecule has 1 saturated heterocycles. The molecule has 1 aliphatic heterocycles. The van der Waals surface area contributed by atoms with Crippen LogP contribution in [0.15, 0.2) is 24.4 Å². The second-order valence-electron chi connectivity index (χ2n) is 5.94. The van der Waals surface area contributed by atoms with Crippen LogP contribution in [0.25, 0.3) is 0 Å². The van der Waals surface area contributed by atoms with Crippen LogP contribution in [0.3, 0.4) is 0 Å². The maximum atomic E-state index is 12.1. The van der Waals surface area contributed by atoms with Crippen LogP contribution < -0.4 is 5.32 Å². The number of carboxylic acids is 1. The maximum Gasteiger partial charge on any atom is 0.317 e. The highest BCUT2D eigenvalue weighted by atomic mass is 16.4. The van der Waals surface area contributed by atoms with Crippen LogP contribution in [0.1, 0.15) is 25.5 Å². The Labute approximate surface area is 130 Å². The molecule has 1 fully saturated rings. The third-order valence-corrected chi connectivity index (χ3v) is 3.91. The number of aliphatic carboxylic acids is 1. The van der Waals surface area contributed by atoms with E-state index in [1.54, 1.807) is 11.1 Å². The molecule has 2 heterocycles. The minimum absolute atomic E-state index is 0.168. The Hall–Kier alpha value is -2.11. The molecule has 1 aromatic rings. The second kappa shape index (κ2) is 7.77. The van der Waals surface area contributed by atoms with E-state index in [0.29, 0.717) is 26.1 Å². The van der Waals surface area contributed by atoms with Crippen molar-refractivity contribution in [2.45, 2.75) is 26.2 Å². The lowest BCUT2D eigenvalue weighted by Gasteiger charge is -2.34. The van der Waals surface area contributed by atoms with Gasteiger partial charge in [0, 0.05) is 31.5 Å². The summed E-state index contributed by atoms with van der Waals surface area (Å²) in [5, 5.41) is 12.0. The Balaban J connectivity index is 1.73. The van der Waals surface area contributed by atoms with Crippen LogP contribution >= 0.6 is 0 Å². The van der Waals surface area contributed by atoms with E-state index in [9.17, 15) is 9.59 Å². The monoisotopic (exact) mass is 305 g/mol. The Kier molecular flexibility index (Phi) is 5.75. The van der Waals surface area contributed by atoms with Crippen molar-refractivity contribution in [2.24, 2.45) is 11.8 Å². The first-order valence-electron chi connectivity index (χ1n) is 7.71. The fourth-order valence-electron chi connectivity index (χ4n) is 2.82. The fraction of sp³-hybridized carbons (Fsp3) is 0.562. The topological polar surface area (TPSA) is 82.5 Å². The molecule has 0 spiro atoms. The summed E-state index contributed by atoms with van der Waals surface area (Å²) >= 11 is 0. The SMILES string of the molecule is CC1CC(C(=O)O)CN(C(=O)NCCCc2ccccn2)C1. The Morgan fingerprint density at radius 3 is 2.91 bits per heavy atom. The molecule has 120 valence electrons. The predicted octanol–water partition coefficient (Wildman–Crippen LogP) is 1.77. The molecule has 0 aliphatic carbocycles. The van der Waals surface area contributed by atoms with Crippen LogP contribution in [0.2, 0.25) is 0 Å². The van der Waals surface area contributed by atoms with Gasteiger partial charge in [-0.3, -0.25) is 9.78 Å². The first-order chi connectivity index (χ1) is 10.6. The van der Waals surface area contributed by atoms with Gasteiger partial charge in [0.25, 0.3) is 0 Å². The lowest BCUT2D eigenvalue weighted by molar-refractivity contribution is -0.143. The molecule has 1 aromatic heterocycles. The number of nitrogens with zero attached hydrogens (tertiary/aromatic N) is 2. The average molecular weight is 305 g/mol. The molecule has 6 nitrogen and oxygen atoms in total. The lowest BCUT2D eigenvalue weighted by atomic mass is 9.91. The van der Waals surface area contributed by atoms with Gasteiger partial charge in [-0.15, -0.1) is 0 Å². The summed E-state index contributed by atoms with van der Waals surface area (Å²) in [6.07, 6.45) is 4.03. The molecule has 0 aromatic carbocycles. The summed E-state index contributed by atoms with van der Waals surface area (Å²) in [5.41, 5.74) is 1.01. The van der Waals surface area contributed by atoms with Crippen molar-refractivity contribution in [3.8, 4) is 0 Å². The minimum Gasteiger partial charge on any atom is -0.481 e. The number of amides is 2. The van der Waals surface area contributed by atoms with E-state index < -0.39 is 11.9 Å². The minimum atomic E-state index is -0.820. The molecule has 6 heteroatoms. The molecule has 1 aliphatic rings. The molecule has 2 amide bonds. The zero-order valence-electron chi connectivity index (χ0n) is 12.9. The largest absolute Gasteiger partial charge is 0.481 e. The first-order valence-corrected chi connectivity index (χ1v) is 7.71. The number of pyridine rings is 1. The molecular weight excluding hydrogens is 282 g/mol. The molecule has 0 radical (unpaired) electrons. The van der Waals surface area contributed by atoms with Gasteiger partial charge in [0.15, 0.2) is 0 Å². The highest BCUT2D eigenvalue weighted by molar-refractivity contribution is 5.76. The number of carbonyl (C=O) groups excluding carboxylic acids is 1. The van der Waals surface area contributed by atoms with E-state index in [4.69, 9.17) is 5.11 Å². The summed E-state index contributed by atoms with van der Waals surface area (Å²) in [7, 11) is 0. The van der Waals surface area contributed by atoms with Crippen molar-refractivity contribution >= 4 is 12.0 Å². The van der Waals surface area contributed by atoms with Crippen molar-refractivity contribution in [3.05, 3.63) is 30.1 Å². The smallest absolute Gasteiger partial charge is 0.317 e. The lowest BCUT2D eigenvalue weighted by Crippen LogP contribution is -2.49. The number of carboxylic acid groups (broad SMARTS) is 1. The average Bonchev–Trinajstić information content (AvgIpc) is 2.51. The normalized spacial score (nSPS) is 21.4. The number of aromatic nitrogens is 1. The van der Waals surface area contributed by atoms with Gasteiger partial charge in [-0.25, -0.2) is 4.79 Å². The van der Waals surface area contributed by atoms with Crippen LogP contribution in [0.4, 0.5) is 4.79 Å². The van der Waals surface area contributed by atoms with Gasteiger partial charge in [-0.2, -0.15) is 0 Å². The summed E-state index contributed by atoms with van der Waals surface area (Å²) in [6.45, 7) is 3.47. The summed E-state index contributed by atoms with van der Waals surface area (Å²) < 4.78 is 0. The van der Waals surface area contributed by atoms with Crippen LogP contribution in [0.5, 0.6) is 0 Å². The van der Waals surface area contributed by atoms with Gasteiger partial charge < -0.3 is 15.3 Å². The second-order valence-corrected chi connectivity index (χ2v) is 5.94. The Morgan fingerprint density at radius 2 is 2.23 bits per heavy atom. The van der Waals surface area contributed by atoms with E-state index >= 15 is 0 Å². The summed E-state index contributed by atoms with van der Waals surface area (Å²) in [4.78, 5) is 29.1.